The molecule has 0 unspecified atom stereocenters. The van der Waals surface area contributed by atoms with Gasteiger partial charge in [0.25, 0.3) is 5.56 Å². The van der Waals surface area contributed by atoms with Gasteiger partial charge in [-0.3, -0.25) is 14.3 Å². The highest BCUT2D eigenvalue weighted by molar-refractivity contribution is 5.77. The molecular formula is C23H13FN2O2. The van der Waals surface area contributed by atoms with E-state index < -0.39 is 5.82 Å². The maximum Gasteiger partial charge on any atom is 0.263 e. The van der Waals surface area contributed by atoms with E-state index in [1.807, 2.05) is 6.07 Å². The quantitative estimate of drug-likeness (QED) is 0.533. The van der Waals surface area contributed by atoms with E-state index in [-0.39, 0.29) is 23.3 Å². The highest BCUT2D eigenvalue weighted by atomic mass is 19.1. The molecule has 28 heavy (non-hydrogen) atoms. The summed E-state index contributed by atoms with van der Waals surface area (Å²) in [6.45, 7) is 0.208. The van der Waals surface area contributed by atoms with Gasteiger partial charge in [-0.05, 0) is 36.4 Å². The Morgan fingerprint density at radius 1 is 1.04 bits per heavy atom. The van der Waals surface area contributed by atoms with Gasteiger partial charge in [0.05, 0.1) is 16.9 Å². The number of benzene rings is 1. The second-order valence-electron chi connectivity index (χ2n) is 6.37. The second-order valence-corrected chi connectivity index (χ2v) is 6.37. The van der Waals surface area contributed by atoms with Crippen LogP contribution in [0, 0.1) is 17.9 Å². The first-order valence-corrected chi connectivity index (χ1v) is 8.74. The van der Waals surface area contributed by atoms with Gasteiger partial charge in [-0.1, -0.05) is 30.3 Å². The van der Waals surface area contributed by atoms with E-state index >= 15 is 0 Å². The van der Waals surface area contributed by atoms with Crippen molar-refractivity contribution in [3.63, 3.8) is 0 Å². The van der Waals surface area contributed by atoms with Crippen LogP contribution in [-0.4, -0.2) is 9.55 Å². The first-order chi connectivity index (χ1) is 13.7. The van der Waals surface area contributed by atoms with Crippen molar-refractivity contribution in [2.24, 2.45) is 0 Å². The zero-order valence-electron chi connectivity index (χ0n) is 14.6. The molecule has 4 nitrogen and oxygen atoms in total. The van der Waals surface area contributed by atoms with Gasteiger partial charge in [0.15, 0.2) is 0 Å². The van der Waals surface area contributed by atoms with Crippen LogP contribution >= 0.6 is 0 Å². The summed E-state index contributed by atoms with van der Waals surface area (Å²) < 4.78 is 21.9. The Hall–Kier alpha value is -3.91. The van der Waals surface area contributed by atoms with Crippen molar-refractivity contribution < 1.29 is 9.13 Å². The highest BCUT2D eigenvalue weighted by Gasteiger charge is 2.25. The summed E-state index contributed by atoms with van der Waals surface area (Å²) in [7, 11) is 0. The standard InChI is InChI=1S/C23H13FN2O2/c24-19-10-5-4-9-16(19)17-13-18-20(14-28-21-11-6-12-25-22(18)21)26(23(17)27)15-7-2-1-3-8-15/h2,4-13H,14H2. The van der Waals surface area contributed by atoms with Crippen molar-refractivity contribution in [1.82, 2.24) is 9.55 Å². The minimum atomic E-state index is -0.452. The van der Waals surface area contributed by atoms with Crippen molar-refractivity contribution in [2.45, 2.75) is 6.61 Å². The Morgan fingerprint density at radius 3 is 2.75 bits per heavy atom. The number of fused-ring (bicyclic) bond motifs is 3. The van der Waals surface area contributed by atoms with Crippen LogP contribution in [0.4, 0.5) is 4.39 Å². The predicted molar refractivity (Wildman–Crippen MR) is 103 cm³/mol. The molecule has 2 aromatic carbocycles. The zero-order valence-corrected chi connectivity index (χ0v) is 14.6. The molecule has 1 aliphatic heterocycles. The summed E-state index contributed by atoms with van der Waals surface area (Å²) in [5.74, 6) is 0.181. The molecule has 0 bridgehead atoms. The second kappa shape index (κ2) is 6.36. The highest BCUT2D eigenvalue weighted by Crippen LogP contribution is 2.37. The van der Waals surface area contributed by atoms with Crippen molar-refractivity contribution in [1.29, 1.82) is 0 Å². The number of ether oxygens (including phenoxy) is 1. The zero-order chi connectivity index (χ0) is 19.1. The maximum absolute atomic E-state index is 14.5. The SMILES string of the molecule is O=c1c(-c2ccccc2F)cc2c(n1-c1cc#ccc1)COc1cccnc1-2. The molecule has 0 radical (unpaired) electrons. The molecule has 134 valence electrons. The van der Waals surface area contributed by atoms with Crippen LogP contribution in [-0.2, 0) is 6.61 Å². The number of pyridine rings is 2. The molecular weight excluding hydrogens is 355 g/mol. The van der Waals surface area contributed by atoms with Crippen LogP contribution in [0.3, 0.4) is 0 Å². The van der Waals surface area contributed by atoms with Gasteiger partial charge in [-0.25, -0.2) is 4.39 Å². The van der Waals surface area contributed by atoms with E-state index in [1.54, 1.807) is 59.3 Å². The fraction of sp³-hybridized carbons (Fsp3) is 0.0435. The van der Waals surface area contributed by atoms with Crippen LogP contribution in [0.15, 0.2) is 71.7 Å². The minimum absolute atomic E-state index is 0.208. The molecule has 0 amide bonds. The van der Waals surface area contributed by atoms with Gasteiger partial charge in [-0.2, -0.15) is 0 Å². The van der Waals surface area contributed by atoms with Gasteiger partial charge in [0.1, 0.15) is 23.9 Å². The Morgan fingerprint density at radius 2 is 1.93 bits per heavy atom. The number of hydrogen-bond acceptors (Lipinski definition) is 3. The van der Waals surface area contributed by atoms with Crippen LogP contribution in [0.1, 0.15) is 5.69 Å². The third-order valence-corrected chi connectivity index (χ3v) is 4.76. The predicted octanol–water partition coefficient (Wildman–Crippen LogP) is 4.20. The third kappa shape index (κ3) is 2.47. The molecule has 0 atom stereocenters. The third-order valence-electron chi connectivity index (χ3n) is 4.76. The first kappa shape index (κ1) is 16.3. The van der Waals surface area contributed by atoms with Gasteiger partial charge in [0, 0.05) is 23.4 Å². The number of halogens is 1. The fourth-order valence-corrected chi connectivity index (χ4v) is 3.48. The summed E-state index contributed by atoms with van der Waals surface area (Å²) in [5, 5.41) is 0. The van der Waals surface area contributed by atoms with E-state index in [0.717, 1.165) is 5.56 Å². The smallest absolute Gasteiger partial charge is 0.263 e. The lowest BCUT2D eigenvalue weighted by Gasteiger charge is -2.24. The Kier molecular flexibility index (Phi) is 3.70. The molecule has 0 fully saturated rings. The van der Waals surface area contributed by atoms with Gasteiger partial charge >= 0.3 is 0 Å². The minimum Gasteiger partial charge on any atom is -0.485 e. The Bertz CT molecular complexity index is 1250. The summed E-state index contributed by atoms with van der Waals surface area (Å²) in [4.78, 5) is 17.8. The molecule has 5 heteroatoms. The van der Waals surface area contributed by atoms with Crippen molar-refractivity contribution >= 4 is 0 Å². The normalized spacial score (nSPS) is 11.8. The van der Waals surface area contributed by atoms with Crippen LogP contribution in [0.5, 0.6) is 5.75 Å². The van der Waals surface area contributed by atoms with E-state index in [4.69, 9.17) is 4.74 Å². The van der Waals surface area contributed by atoms with Crippen LogP contribution < -0.4 is 10.3 Å². The molecule has 0 N–H and O–H groups in total. The molecule has 3 heterocycles. The summed E-state index contributed by atoms with van der Waals surface area (Å²) in [5.41, 5.74) is 2.83. The summed E-state index contributed by atoms with van der Waals surface area (Å²) in [6, 6.07) is 22.4. The number of aromatic nitrogens is 2. The lowest BCUT2D eigenvalue weighted by molar-refractivity contribution is 0.292. The molecule has 0 aliphatic carbocycles. The fourth-order valence-electron chi connectivity index (χ4n) is 3.48. The monoisotopic (exact) mass is 368 g/mol. The number of rotatable bonds is 2. The van der Waals surface area contributed by atoms with Crippen molar-refractivity contribution in [2.75, 3.05) is 0 Å². The molecule has 5 rings (SSSR count). The number of nitrogens with zero attached hydrogens (tertiary/aromatic N) is 2. The topological polar surface area (TPSA) is 44.1 Å². The average molecular weight is 368 g/mol. The van der Waals surface area contributed by atoms with E-state index in [2.05, 4.69) is 17.1 Å². The maximum atomic E-state index is 14.5. The largest absolute Gasteiger partial charge is 0.485 e. The molecule has 0 saturated heterocycles. The average Bonchev–Trinajstić information content (AvgIpc) is 2.74. The summed E-state index contributed by atoms with van der Waals surface area (Å²) >= 11 is 0. The van der Waals surface area contributed by atoms with Crippen LogP contribution in [0.2, 0.25) is 0 Å². The molecule has 0 spiro atoms. The van der Waals surface area contributed by atoms with Crippen molar-refractivity contribution in [3.8, 4) is 33.8 Å². The van der Waals surface area contributed by atoms with Crippen molar-refractivity contribution in [3.05, 3.63) is 101 Å². The van der Waals surface area contributed by atoms with Gasteiger partial charge in [-0.15, -0.1) is 0 Å². The Labute approximate surface area is 160 Å². The van der Waals surface area contributed by atoms with Crippen LogP contribution in [0.25, 0.3) is 28.1 Å². The first-order valence-electron chi connectivity index (χ1n) is 8.74. The molecule has 4 aromatic rings. The molecule has 1 aliphatic rings. The molecule has 0 saturated carbocycles. The Balaban J connectivity index is 1.89. The van der Waals surface area contributed by atoms with E-state index in [0.29, 0.717) is 22.8 Å². The number of hydrogen-bond donors (Lipinski definition) is 0. The lowest BCUT2D eigenvalue weighted by Crippen LogP contribution is -2.27. The summed E-state index contributed by atoms with van der Waals surface area (Å²) in [6.07, 6.45) is 1.67. The lowest BCUT2D eigenvalue weighted by atomic mass is 9.99. The van der Waals surface area contributed by atoms with Gasteiger partial charge in [0.2, 0.25) is 0 Å². The van der Waals surface area contributed by atoms with E-state index in [9.17, 15) is 9.18 Å². The van der Waals surface area contributed by atoms with E-state index in [1.165, 1.54) is 6.07 Å². The molecule has 2 aromatic heterocycles. The van der Waals surface area contributed by atoms with Gasteiger partial charge < -0.3 is 4.74 Å².